The van der Waals surface area contributed by atoms with Crippen molar-refractivity contribution in [1.29, 1.82) is 0 Å². The SMILES string of the molecule is C[C@@H](NC(=O)C1CCN(C(=O)C2CCCC2)CC1)c1ccc(O)c(F)c1. The predicted molar refractivity (Wildman–Crippen MR) is 95.9 cm³/mol. The molecule has 1 aliphatic heterocycles. The summed E-state index contributed by atoms with van der Waals surface area (Å²) in [6.07, 6.45) is 5.62. The van der Waals surface area contributed by atoms with Gasteiger partial charge in [0, 0.05) is 24.9 Å². The van der Waals surface area contributed by atoms with Crippen LogP contribution in [0.4, 0.5) is 4.39 Å². The van der Waals surface area contributed by atoms with E-state index in [1.165, 1.54) is 12.1 Å². The van der Waals surface area contributed by atoms with Gasteiger partial charge < -0.3 is 15.3 Å². The number of carbonyl (C=O) groups excluding carboxylic acids is 2. The minimum Gasteiger partial charge on any atom is -0.505 e. The number of halogens is 1. The lowest BCUT2D eigenvalue weighted by atomic mass is 9.94. The summed E-state index contributed by atoms with van der Waals surface area (Å²) in [5.41, 5.74) is 0.613. The van der Waals surface area contributed by atoms with Crippen LogP contribution < -0.4 is 5.32 Å². The van der Waals surface area contributed by atoms with Crippen LogP contribution in [0.2, 0.25) is 0 Å². The monoisotopic (exact) mass is 362 g/mol. The molecule has 1 atom stereocenters. The maximum absolute atomic E-state index is 13.5. The van der Waals surface area contributed by atoms with Crippen molar-refractivity contribution in [1.82, 2.24) is 10.2 Å². The number of hydrogen-bond acceptors (Lipinski definition) is 3. The first kappa shape index (κ1) is 18.7. The van der Waals surface area contributed by atoms with E-state index in [2.05, 4.69) is 5.32 Å². The van der Waals surface area contributed by atoms with Gasteiger partial charge in [-0.3, -0.25) is 9.59 Å². The summed E-state index contributed by atoms with van der Waals surface area (Å²) < 4.78 is 13.5. The molecule has 0 spiro atoms. The number of rotatable bonds is 4. The van der Waals surface area contributed by atoms with E-state index in [1.54, 1.807) is 13.0 Å². The van der Waals surface area contributed by atoms with Crippen molar-refractivity contribution in [3.63, 3.8) is 0 Å². The Balaban J connectivity index is 1.50. The fourth-order valence-corrected chi connectivity index (χ4v) is 4.00. The highest BCUT2D eigenvalue weighted by Gasteiger charge is 2.32. The van der Waals surface area contributed by atoms with E-state index < -0.39 is 11.6 Å². The average molecular weight is 362 g/mol. The van der Waals surface area contributed by atoms with Crippen LogP contribution in [0.15, 0.2) is 18.2 Å². The molecule has 2 N–H and O–H groups in total. The van der Waals surface area contributed by atoms with E-state index in [1.807, 2.05) is 4.90 Å². The number of phenolic OH excluding ortho intramolecular Hbond substituents is 1. The van der Waals surface area contributed by atoms with Crippen LogP contribution in [-0.4, -0.2) is 34.9 Å². The molecule has 1 aromatic rings. The highest BCUT2D eigenvalue weighted by Crippen LogP contribution is 2.29. The van der Waals surface area contributed by atoms with Gasteiger partial charge in [-0.15, -0.1) is 0 Å². The van der Waals surface area contributed by atoms with E-state index in [0.29, 0.717) is 31.5 Å². The Labute approximate surface area is 153 Å². The Morgan fingerprint density at radius 3 is 2.42 bits per heavy atom. The molecule has 3 rings (SSSR count). The summed E-state index contributed by atoms with van der Waals surface area (Å²) in [6.45, 7) is 3.06. The van der Waals surface area contributed by atoms with Gasteiger partial charge in [0.15, 0.2) is 11.6 Å². The number of hydrogen-bond donors (Lipinski definition) is 2. The van der Waals surface area contributed by atoms with Crippen molar-refractivity contribution in [2.24, 2.45) is 11.8 Å². The maximum atomic E-state index is 13.5. The first-order valence-electron chi connectivity index (χ1n) is 9.53. The zero-order valence-electron chi connectivity index (χ0n) is 15.2. The molecule has 0 bridgehead atoms. The van der Waals surface area contributed by atoms with Gasteiger partial charge in [0.2, 0.25) is 11.8 Å². The van der Waals surface area contributed by atoms with Crippen molar-refractivity contribution < 1.29 is 19.1 Å². The van der Waals surface area contributed by atoms with Crippen LogP contribution in [0, 0.1) is 17.7 Å². The molecular formula is C20H27FN2O3. The van der Waals surface area contributed by atoms with Gasteiger partial charge in [-0.2, -0.15) is 0 Å². The quantitative estimate of drug-likeness (QED) is 0.864. The first-order chi connectivity index (χ1) is 12.5. The van der Waals surface area contributed by atoms with E-state index in [-0.39, 0.29) is 29.7 Å². The Morgan fingerprint density at radius 1 is 1.15 bits per heavy atom. The van der Waals surface area contributed by atoms with Crippen LogP contribution in [0.3, 0.4) is 0 Å². The number of piperidine rings is 1. The molecule has 1 aliphatic carbocycles. The van der Waals surface area contributed by atoms with Crippen molar-refractivity contribution in [2.45, 2.75) is 51.5 Å². The highest BCUT2D eigenvalue weighted by atomic mass is 19.1. The van der Waals surface area contributed by atoms with Crippen LogP contribution in [-0.2, 0) is 9.59 Å². The van der Waals surface area contributed by atoms with E-state index in [9.17, 15) is 19.1 Å². The lowest BCUT2D eigenvalue weighted by Crippen LogP contribution is -2.45. The highest BCUT2D eigenvalue weighted by molar-refractivity contribution is 5.81. The van der Waals surface area contributed by atoms with Crippen LogP contribution in [0.1, 0.15) is 57.1 Å². The smallest absolute Gasteiger partial charge is 0.225 e. The summed E-state index contributed by atoms with van der Waals surface area (Å²) in [5, 5.41) is 12.2. The second-order valence-electron chi connectivity index (χ2n) is 7.52. The molecule has 0 unspecified atom stereocenters. The van der Waals surface area contributed by atoms with Crippen LogP contribution in [0.5, 0.6) is 5.75 Å². The summed E-state index contributed by atoms with van der Waals surface area (Å²) in [6, 6.07) is 3.80. The Bertz CT molecular complexity index is 665. The lowest BCUT2D eigenvalue weighted by Gasteiger charge is -2.33. The molecule has 2 amide bonds. The second kappa shape index (κ2) is 8.06. The molecular weight excluding hydrogens is 335 g/mol. The molecule has 1 heterocycles. The third-order valence-corrected chi connectivity index (χ3v) is 5.71. The number of amides is 2. The van der Waals surface area contributed by atoms with E-state index >= 15 is 0 Å². The lowest BCUT2D eigenvalue weighted by molar-refractivity contribution is -0.139. The van der Waals surface area contributed by atoms with Crippen molar-refractivity contribution in [3.8, 4) is 5.75 Å². The van der Waals surface area contributed by atoms with Crippen molar-refractivity contribution in [2.75, 3.05) is 13.1 Å². The molecule has 142 valence electrons. The van der Waals surface area contributed by atoms with Gasteiger partial charge in [0.1, 0.15) is 0 Å². The van der Waals surface area contributed by atoms with Gasteiger partial charge in [-0.05, 0) is 50.3 Å². The number of carbonyl (C=O) groups is 2. The molecule has 5 nitrogen and oxygen atoms in total. The Hall–Kier alpha value is -2.11. The molecule has 0 radical (unpaired) electrons. The van der Waals surface area contributed by atoms with E-state index in [4.69, 9.17) is 0 Å². The van der Waals surface area contributed by atoms with Gasteiger partial charge >= 0.3 is 0 Å². The molecule has 1 saturated heterocycles. The van der Waals surface area contributed by atoms with Crippen LogP contribution >= 0.6 is 0 Å². The number of likely N-dealkylation sites (tertiary alicyclic amines) is 1. The van der Waals surface area contributed by atoms with Gasteiger partial charge in [-0.1, -0.05) is 18.9 Å². The average Bonchev–Trinajstić information content (AvgIpc) is 3.18. The largest absolute Gasteiger partial charge is 0.505 e. The Morgan fingerprint density at radius 2 is 1.81 bits per heavy atom. The van der Waals surface area contributed by atoms with Crippen LogP contribution in [0.25, 0.3) is 0 Å². The van der Waals surface area contributed by atoms with Crippen molar-refractivity contribution >= 4 is 11.8 Å². The topological polar surface area (TPSA) is 69.6 Å². The summed E-state index contributed by atoms with van der Waals surface area (Å²) in [7, 11) is 0. The third kappa shape index (κ3) is 4.17. The number of nitrogens with one attached hydrogen (secondary N) is 1. The third-order valence-electron chi connectivity index (χ3n) is 5.71. The molecule has 2 aliphatic rings. The second-order valence-corrected chi connectivity index (χ2v) is 7.52. The minimum absolute atomic E-state index is 0.0565. The van der Waals surface area contributed by atoms with Gasteiger partial charge in [-0.25, -0.2) is 4.39 Å². The summed E-state index contributed by atoms with van der Waals surface area (Å²) in [4.78, 5) is 26.9. The zero-order valence-corrected chi connectivity index (χ0v) is 15.2. The Kier molecular flexibility index (Phi) is 5.79. The molecule has 1 saturated carbocycles. The predicted octanol–water partition coefficient (Wildman–Crippen LogP) is 3.14. The molecule has 1 aromatic carbocycles. The van der Waals surface area contributed by atoms with Crippen molar-refractivity contribution in [3.05, 3.63) is 29.6 Å². The number of phenols is 1. The summed E-state index contributed by atoms with van der Waals surface area (Å²) >= 11 is 0. The fourth-order valence-electron chi connectivity index (χ4n) is 4.00. The minimum atomic E-state index is -0.692. The molecule has 0 aromatic heterocycles. The first-order valence-corrected chi connectivity index (χ1v) is 9.53. The summed E-state index contributed by atoms with van der Waals surface area (Å²) in [5.74, 6) is -0.820. The van der Waals surface area contributed by atoms with Gasteiger partial charge in [0.25, 0.3) is 0 Å². The normalized spacial score (nSPS) is 20.2. The number of nitrogens with zero attached hydrogens (tertiary/aromatic N) is 1. The zero-order chi connectivity index (χ0) is 18.7. The number of benzene rings is 1. The maximum Gasteiger partial charge on any atom is 0.225 e. The number of aromatic hydroxyl groups is 1. The molecule has 6 heteroatoms. The van der Waals surface area contributed by atoms with E-state index in [0.717, 1.165) is 25.7 Å². The van der Waals surface area contributed by atoms with Gasteiger partial charge in [0.05, 0.1) is 6.04 Å². The fraction of sp³-hybridized carbons (Fsp3) is 0.600. The molecule has 2 fully saturated rings. The molecule has 26 heavy (non-hydrogen) atoms. The standard InChI is InChI=1S/C20H27FN2O3/c1-13(16-6-7-18(24)17(21)12-16)22-19(25)14-8-10-23(11-9-14)20(26)15-4-2-3-5-15/h6-7,12-15,24H,2-5,8-11H2,1H3,(H,22,25)/t13-/m1/s1.